The Hall–Kier alpha value is -7.25. The molecule has 2 amide bonds. The van der Waals surface area contributed by atoms with Crippen molar-refractivity contribution in [3.05, 3.63) is 171 Å². The van der Waals surface area contributed by atoms with E-state index in [1.54, 1.807) is 48.5 Å². The van der Waals surface area contributed by atoms with Crippen molar-refractivity contribution in [2.45, 2.75) is 68.9 Å². The molecule has 8 rings (SSSR count). The summed E-state index contributed by atoms with van der Waals surface area (Å²) in [5.74, 6) is -2.39. The minimum atomic E-state index is -5.07. The van der Waals surface area contributed by atoms with Gasteiger partial charge < -0.3 is 50.5 Å². The molecule has 2 aliphatic rings. The van der Waals surface area contributed by atoms with E-state index in [0.717, 1.165) is 38.5 Å². The molecule has 1 aliphatic heterocycles. The topological polar surface area (TPSA) is 212 Å². The quantitative estimate of drug-likeness (QED) is 0.0459. The molecule has 1 aliphatic carbocycles. The Morgan fingerprint density at radius 3 is 2.25 bits per heavy atom. The molecule has 0 spiro atoms. The molecule has 2 fully saturated rings. The maximum absolute atomic E-state index is 13.9. The van der Waals surface area contributed by atoms with Crippen LogP contribution in [0, 0.1) is 5.92 Å². The van der Waals surface area contributed by atoms with E-state index in [-0.39, 0.29) is 65.4 Å². The maximum atomic E-state index is 13.9. The zero-order valence-electron chi connectivity index (χ0n) is 38.5. The minimum Gasteiger partial charge on any atom is -0.506 e. The van der Waals surface area contributed by atoms with Crippen molar-refractivity contribution in [2.75, 3.05) is 32.8 Å². The molecule has 372 valence electrons. The molecule has 7 N–H and O–H groups in total. The number of nitrogens with one attached hydrogen (secondary N) is 4. The summed E-state index contributed by atoms with van der Waals surface area (Å²) in [6.07, 6.45) is -3.88. The number of halogens is 3. The Bertz CT molecular complexity index is 2870. The SMILES string of the molecule is O=C(COc1cccc([C@](O)(C(=O)OCC2CCN(Cc3ccccc3)CC2)c2ccccc2)c1)N[C@H]1C[C@H](NC(=O)c2ccc(CNC[C@H](O)c3ccc(O)c4[nH]c(=O)ccc34)c(OC(F)(F)F)c2)C1. The van der Waals surface area contributed by atoms with Crippen LogP contribution < -0.4 is 31.0 Å². The number of aliphatic hydroxyl groups is 2. The highest BCUT2D eigenvalue weighted by atomic mass is 19.4. The Morgan fingerprint density at radius 1 is 0.817 bits per heavy atom. The number of fused-ring (bicyclic) bond motifs is 1. The number of aromatic hydroxyl groups is 1. The van der Waals surface area contributed by atoms with Crippen molar-refractivity contribution >= 4 is 28.7 Å². The number of phenols is 1. The summed E-state index contributed by atoms with van der Waals surface area (Å²) >= 11 is 0. The fraction of sp³-hybridized carbons (Fsp3) is 0.321. The number of H-pyrrole nitrogens is 1. The van der Waals surface area contributed by atoms with Crippen LogP contribution in [0.25, 0.3) is 10.9 Å². The van der Waals surface area contributed by atoms with Gasteiger partial charge in [-0.1, -0.05) is 84.9 Å². The smallest absolute Gasteiger partial charge is 0.506 e. The third kappa shape index (κ3) is 12.8. The van der Waals surface area contributed by atoms with Gasteiger partial charge in [0.05, 0.1) is 18.2 Å². The van der Waals surface area contributed by atoms with Crippen LogP contribution in [-0.4, -0.2) is 94.3 Å². The first kappa shape index (κ1) is 50.1. The average Bonchev–Trinajstić information content (AvgIpc) is 3.35. The first-order valence-corrected chi connectivity index (χ1v) is 23.3. The largest absolute Gasteiger partial charge is 0.573 e. The number of aliphatic hydroxyl groups excluding tert-OH is 1. The lowest BCUT2D eigenvalue weighted by Gasteiger charge is -2.36. The number of phenolic OH excluding ortho intramolecular Hbond substituents is 1. The van der Waals surface area contributed by atoms with Crippen LogP contribution in [0.1, 0.15) is 70.0 Å². The zero-order chi connectivity index (χ0) is 50.1. The summed E-state index contributed by atoms with van der Waals surface area (Å²) in [6, 6.07) is 33.4. The van der Waals surface area contributed by atoms with Crippen LogP contribution in [0.3, 0.4) is 0 Å². The van der Waals surface area contributed by atoms with E-state index in [9.17, 15) is 47.7 Å². The molecule has 1 saturated heterocycles. The number of likely N-dealkylation sites (tertiary alicyclic amines) is 1. The van der Waals surface area contributed by atoms with Crippen LogP contribution in [0.5, 0.6) is 17.2 Å². The van der Waals surface area contributed by atoms with E-state index < -0.39 is 59.8 Å². The highest BCUT2D eigenvalue weighted by Gasteiger charge is 2.43. The molecular formula is C53H54F3N5O10. The van der Waals surface area contributed by atoms with Crippen molar-refractivity contribution in [3.8, 4) is 17.2 Å². The molecule has 0 unspecified atom stereocenters. The van der Waals surface area contributed by atoms with E-state index in [1.807, 2.05) is 18.2 Å². The second-order valence-electron chi connectivity index (χ2n) is 17.9. The molecule has 15 nitrogen and oxygen atoms in total. The molecule has 0 bridgehead atoms. The molecule has 1 saturated carbocycles. The van der Waals surface area contributed by atoms with Gasteiger partial charge in [-0.15, -0.1) is 13.2 Å². The lowest BCUT2D eigenvalue weighted by Crippen LogP contribution is -2.54. The van der Waals surface area contributed by atoms with Gasteiger partial charge >= 0.3 is 12.3 Å². The van der Waals surface area contributed by atoms with E-state index in [0.29, 0.717) is 29.4 Å². The molecule has 1 aromatic heterocycles. The fourth-order valence-corrected chi connectivity index (χ4v) is 8.95. The van der Waals surface area contributed by atoms with Crippen LogP contribution >= 0.6 is 0 Å². The first-order chi connectivity index (χ1) is 34.1. The summed E-state index contributed by atoms with van der Waals surface area (Å²) in [5.41, 5.74) is -0.428. The number of aromatic nitrogens is 1. The molecule has 18 heteroatoms. The molecule has 2 heterocycles. The summed E-state index contributed by atoms with van der Waals surface area (Å²) in [7, 11) is 0. The number of esters is 1. The number of ether oxygens (including phenoxy) is 3. The lowest BCUT2D eigenvalue weighted by atomic mass is 9.86. The van der Waals surface area contributed by atoms with Crippen molar-refractivity contribution in [3.63, 3.8) is 0 Å². The average molecular weight is 978 g/mol. The number of nitrogens with zero attached hydrogens (tertiary/aromatic N) is 1. The Labute approximate surface area is 406 Å². The number of carbonyl (C=O) groups excluding carboxylic acids is 3. The molecule has 6 aromatic rings. The number of piperidine rings is 1. The zero-order valence-corrected chi connectivity index (χ0v) is 38.5. The van der Waals surface area contributed by atoms with E-state index in [4.69, 9.17) is 9.47 Å². The Morgan fingerprint density at radius 2 is 1.52 bits per heavy atom. The summed E-state index contributed by atoms with van der Waals surface area (Å²) < 4.78 is 56.4. The number of hydrogen-bond donors (Lipinski definition) is 7. The Balaban J connectivity index is 0.804. The Kier molecular flexibility index (Phi) is 15.7. The number of alkyl halides is 3. The highest BCUT2D eigenvalue weighted by molar-refractivity contribution is 5.95. The fourth-order valence-electron chi connectivity index (χ4n) is 8.95. The van der Waals surface area contributed by atoms with Crippen molar-refractivity contribution in [1.29, 1.82) is 0 Å². The molecule has 0 radical (unpaired) electrons. The summed E-state index contributed by atoms with van der Waals surface area (Å²) in [5, 5.41) is 42.1. The number of benzene rings is 5. The predicted octanol–water partition coefficient (Wildman–Crippen LogP) is 6.10. The standard InChI is InChI=1S/C53H54F3N5O10/c54-53(55,56)71-46-24-35(14-15-36(46)28-57-29-45(63)42-16-18-44(62)49-43(42)17-19-47(64)60-49)50(66)59-40-26-39(27-40)58-48(65)32-69-41-13-7-12-38(25-41)52(68,37-10-5-2-6-11-37)51(67)70-31-34-20-22-61(23-21-34)30-33-8-3-1-4-9-33/h1-19,24-25,34,39-40,45,57,62-63,68H,20-23,26-32H2,(H,58,65)(H,59,66)(H,60,64)/t39-,40-,45-,52-/m0/s1. The monoisotopic (exact) mass is 977 g/mol. The van der Waals surface area contributed by atoms with Gasteiger partial charge in [0.1, 0.15) is 17.2 Å². The number of rotatable bonds is 19. The molecular weight excluding hydrogens is 924 g/mol. The van der Waals surface area contributed by atoms with E-state index in [2.05, 4.69) is 42.7 Å². The second-order valence-corrected chi connectivity index (χ2v) is 17.9. The third-order valence-electron chi connectivity index (χ3n) is 12.8. The number of carbonyl (C=O) groups is 3. The van der Waals surface area contributed by atoms with E-state index >= 15 is 0 Å². The van der Waals surface area contributed by atoms with Crippen LogP contribution in [0.4, 0.5) is 13.2 Å². The molecule has 5 aromatic carbocycles. The third-order valence-corrected chi connectivity index (χ3v) is 12.8. The van der Waals surface area contributed by atoms with Crippen LogP contribution in [0.2, 0.25) is 0 Å². The van der Waals surface area contributed by atoms with Gasteiger partial charge in [0.15, 0.2) is 6.61 Å². The van der Waals surface area contributed by atoms with Gasteiger partial charge in [0, 0.05) is 59.9 Å². The molecule has 71 heavy (non-hydrogen) atoms. The minimum absolute atomic E-state index is 0.0533. The maximum Gasteiger partial charge on any atom is 0.573 e. The van der Waals surface area contributed by atoms with Crippen molar-refractivity contribution < 1.29 is 57.1 Å². The van der Waals surface area contributed by atoms with Gasteiger partial charge in [-0.05, 0) is 97.8 Å². The molecule has 2 atom stereocenters. The van der Waals surface area contributed by atoms with E-state index in [1.165, 1.54) is 48.0 Å². The lowest BCUT2D eigenvalue weighted by molar-refractivity contribution is -0.275. The second kappa shape index (κ2) is 22.2. The first-order valence-electron chi connectivity index (χ1n) is 23.3. The normalized spacial score (nSPS) is 17.6. The van der Waals surface area contributed by atoms with Gasteiger partial charge in [-0.3, -0.25) is 19.3 Å². The van der Waals surface area contributed by atoms with Crippen LogP contribution in [-0.2, 0) is 33.0 Å². The summed E-state index contributed by atoms with van der Waals surface area (Å²) in [4.78, 5) is 56.7. The number of aromatic amines is 1. The number of amides is 2. The summed E-state index contributed by atoms with van der Waals surface area (Å²) in [6.45, 7) is 2.03. The number of hydrogen-bond acceptors (Lipinski definition) is 12. The highest BCUT2D eigenvalue weighted by Crippen LogP contribution is 2.35. The van der Waals surface area contributed by atoms with Crippen molar-refractivity contribution in [2.24, 2.45) is 5.92 Å². The van der Waals surface area contributed by atoms with Crippen molar-refractivity contribution in [1.82, 2.24) is 25.8 Å². The van der Waals surface area contributed by atoms with Gasteiger partial charge in [-0.25, -0.2) is 4.79 Å². The van der Waals surface area contributed by atoms with Gasteiger partial charge in [0.25, 0.3) is 11.8 Å². The predicted molar refractivity (Wildman–Crippen MR) is 255 cm³/mol. The van der Waals surface area contributed by atoms with Gasteiger partial charge in [-0.2, -0.15) is 0 Å². The van der Waals surface area contributed by atoms with Gasteiger partial charge in [0.2, 0.25) is 11.2 Å². The van der Waals surface area contributed by atoms with Crippen LogP contribution in [0.15, 0.2) is 132 Å². The number of pyridine rings is 1.